The molecule has 0 aromatic carbocycles. The third kappa shape index (κ3) is 4.00. The molecule has 7 nitrogen and oxygen atoms in total. The zero-order valence-corrected chi connectivity index (χ0v) is 11.3. The van der Waals surface area contributed by atoms with Crippen molar-refractivity contribution in [3.8, 4) is 0 Å². The average molecular weight is 267 g/mol. The number of nitrogens with two attached hydrogens (primary N) is 1. The number of piperidine rings is 1. The number of nitrogens with zero attached hydrogens (tertiary/aromatic N) is 3. The second-order valence-corrected chi connectivity index (χ2v) is 4.81. The van der Waals surface area contributed by atoms with E-state index in [1.54, 1.807) is 0 Å². The molecule has 0 aliphatic carbocycles. The molecule has 3 N–H and O–H groups in total. The van der Waals surface area contributed by atoms with Crippen molar-refractivity contribution in [2.75, 3.05) is 19.6 Å². The van der Waals surface area contributed by atoms with Crippen LogP contribution in [0.5, 0.6) is 0 Å². The summed E-state index contributed by atoms with van der Waals surface area (Å²) in [7, 11) is 0. The molecule has 0 radical (unpaired) electrons. The lowest BCUT2D eigenvalue weighted by Crippen LogP contribution is -2.46. The van der Waals surface area contributed by atoms with E-state index in [0.29, 0.717) is 24.3 Å². The van der Waals surface area contributed by atoms with Gasteiger partial charge in [-0.2, -0.15) is 4.98 Å². The first-order valence-electron chi connectivity index (χ1n) is 6.73. The van der Waals surface area contributed by atoms with Gasteiger partial charge in [0.05, 0.1) is 13.1 Å². The van der Waals surface area contributed by atoms with Crippen LogP contribution >= 0.6 is 0 Å². The van der Waals surface area contributed by atoms with Crippen LogP contribution in [0.15, 0.2) is 4.52 Å². The third-order valence-corrected chi connectivity index (χ3v) is 3.34. The molecule has 1 amide bonds. The summed E-state index contributed by atoms with van der Waals surface area (Å²) in [5.41, 5.74) is 5.32. The Kier molecular flexibility index (Phi) is 4.86. The van der Waals surface area contributed by atoms with Gasteiger partial charge in [0.1, 0.15) is 0 Å². The first-order chi connectivity index (χ1) is 9.19. The zero-order chi connectivity index (χ0) is 13.7. The van der Waals surface area contributed by atoms with Crippen LogP contribution < -0.4 is 11.1 Å². The fourth-order valence-electron chi connectivity index (χ4n) is 2.37. The highest BCUT2D eigenvalue weighted by Gasteiger charge is 2.23. The van der Waals surface area contributed by atoms with Gasteiger partial charge in [-0.1, -0.05) is 12.1 Å². The van der Waals surface area contributed by atoms with Crippen molar-refractivity contribution in [1.29, 1.82) is 0 Å². The van der Waals surface area contributed by atoms with E-state index in [1.165, 1.54) is 0 Å². The van der Waals surface area contributed by atoms with E-state index in [0.717, 1.165) is 32.4 Å². The number of amides is 1. The molecule has 19 heavy (non-hydrogen) atoms. The number of hydrogen-bond donors (Lipinski definition) is 2. The summed E-state index contributed by atoms with van der Waals surface area (Å²) in [6, 6.07) is 0.345. The van der Waals surface area contributed by atoms with E-state index < -0.39 is 0 Å². The lowest BCUT2D eigenvalue weighted by molar-refractivity contribution is -0.120. The molecular formula is C12H21N5O2. The van der Waals surface area contributed by atoms with Gasteiger partial charge in [-0.15, -0.1) is 0 Å². The van der Waals surface area contributed by atoms with Crippen molar-refractivity contribution in [2.45, 2.75) is 38.8 Å². The SMILES string of the molecule is CCc1nc(CN(CC(N)=O)C2CCNCC2)no1. The van der Waals surface area contributed by atoms with E-state index >= 15 is 0 Å². The Labute approximate surface area is 112 Å². The molecule has 2 heterocycles. The highest BCUT2D eigenvalue weighted by atomic mass is 16.5. The Morgan fingerprint density at radius 1 is 1.53 bits per heavy atom. The Bertz CT molecular complexity index is 414. The first kappa shape index (κ1) is 14.0. The number of aryl methyl sites for hydroxylation is 1. The Balaban J connectivity index is 2.01. The normalized spacial score (nSPS) is 16.9. The lowest BCUT2D eigenvalue weighted by Gasteiger charge is -2.32. The number of carbonyl (C=O) groups is 1. The number of aromatic nitrogens is 2. The summed E-state index contributed by atoms with van der Waals surface area (Å²) >= 11 is 0. The number of primary amides is 1. The molecule has 1 aliphatic rings. The summed E-state index contributed by atoms with van der Waals surface area (Å²) in [6.07, 6.45) is 2.73. The summed E-state index contributed by atoms with van der Waals surface area (Å²) in [5.74, 6) is 0.925. The van der Waals surface area contributed by atoms with Crippen LogP contribution in [-0.2, 0) is 17.8 Å². The van der Waals surface area contributed by atoms with Gasteiger partial charge in [0, 0.05) is 12.5 Å². The molecule has 0 bridgehead atoms. The van der Waals surface area contributed by atoms with Crippen molar-refractivity contribution in [1.82, 2.24) is 20.4 Å². The quantitative estimate of drug-likeness (QED) is 0.732. The molecule has 0 atom stereocenters. The standard InChI is InChI=1S/C12H21N5O2/c1-2-12-15-11(16-19-12)8-17(7-10(13)18)9-3-5-14-6-4-9/h9,14H,2-8H2,1H3,(H2,13,18). The van der Waals surface area contributed by atoms with Crippen molar-refractivity contribution in [2.24, 2.45) is 5.73 Å². The molecule has 1 aromatic rings. The summed E-state index contributed by atoms with van der Waals surface area (Å²) in [4.78, 5) is 17.5. The van der Waals surface area contributed by atoms with Gasteiger partial charge in [-0.05, 0) is 25.9 Å². The molecule has 7 heteroatoms. The van der Waals surface area contributed by atoms with E-state index in [4.69, 9.17) is 10.3 Å². The van der Waals surface area contributed by atoms with Crippen LogP contribution in [0.2, 0.25) is 0 Å². The highest BCUT2D eigenvalue weighted by molar-refractivity contribution is 5.75. The summed E-state index contributed by atoms with van der Waals surface area (Å²) < 4.78 is 5.09. The van der Waals surface area contributed by atoms with Crippen molar-refractivity contribution in [3.63, 3.8) is 0 Å². The van der Waals surface area contributed by atoms with Gasteiger partial charge in [-0.25, -0.2) is 0 Å². The topological polar surface area (TPSA) is 97.3 Å². The number of rotatable bonds is 6. The fraction of sp³-hybridized carbons (Fsp3) is 0.750. The molecule has 0 unspecified atom stereocenters. The summed E-state index contributed by atoms with van der Waals surface area (Å²) in [6.45, 7) is 4.64. The largest absolute Gasteiger partial charge is 0.369 e. The molecule has 2 rings (SSSR count). The van der Waals surface area contributed by atoms with Crippen molar-refractivity contribution >= 4 is 5.91 Å². The van der Waals surface area contributed by atoms with Crippen LogP contribution in [0.25, 0.3) is 0 Å². The lowest BCUT2D eigenvalue weighted by atomic mass is 10.0. The third-order valence-electron chi connectivity index (χ3n) is 3.34. The Morgan fingerprint density at radius 2 is 2.26 bits per heavy atom. The maximum Gasteiger partial charge on any atom is 0.231 e. The highest BCUT2D eigenvalue weighted by Crippen LogP contribution is 2.14. The maximum absolute atomic E-state index is 11.2. The van der Waals surface area contributed by atoms with Crippen molar-refractivity contribution < 1.29 is 9.32 Å². The molecule has 0 saturated carbocycles. The maximum atomic E-state index is 11.2. The van der Waals surface area contributed by atoms with E-state index in [9.17, 15) is 4.79 Å². The average Bonchev–Trinajstić information content (AvgIpc) is 2.86. The number of nitrogens with one attached hydrogen (secondary N) is 1. The van der Waals surface area contributed by atoms with Gasteiger partial charge in [0.2, 0.25) is 11.8 Å². The second kappa shape index (κ2) is 6.63. The minimum Gasteiger partial charge on any atom is -0.369 e. The molecular weight excluding hydrogens is 246 g/mol. The predicted molar refractivity (Wildman–Crippen MR) is 69.2 cm³/mol. The molecule has 106 valence electrons. The van der Waals surface area contributed by atoms with Gasteiger partial charge >= 0.3 is 0 Å². The summed E-state index contributed by atoms with van der Waals surface area (Å²) in [5, 5.41) is 7.24. The first-order valence-corrected chi connectivity index (χ1v) is 6.73. The van der Waals surface area contributed by atoms with Gasteiger partial charge in [0.15, 0.2) is 5.82 Å². The van der Waals surface area contributed by atoms with Crippen molar-refractivity contribution in [3.05, 3.63) is 11.7 Å². The van der Waals surface area contributed by atoms with Gasteiger partial charge < -0.3 is 15.6 Å². The van der Waals surface area contributed by atoms with Crippen LogP contribution in [0.1, 0.15) is 31.5 Å². The zero-order valence-electron chi connectivity index (χ0n) is 11.3. The molecule has 1 aliphatic heterocycles. The molecule has 1 aromatic heterocycles. The Hall–Kier alpha value is -1.47. The molecule has 0 spiro atoms. The van der Waals surface area contributed by atoms with Crippen LogP contribution in [0, 0.1) is 0 Å². The second-order valence-electron chi connectivity index (χ2n) is 4.81. The van der Waals surface area contributed by atoms with E-state index in [2.05, 4.69) is 15.5 Å². The fourth-order valence-corrected chi connectivity index (χ4v) is 2.37. The van der Waals surface area contributed by atoms with Gasteiger partial charge in [0.25, 0.3) is 0 Å². The smallest absolute Gasteiger partial charge is 0.231 e. The number of hydrogen-bond acceptors (Lipinski definition) is 6. The van der Waals surface area contributed by atoms with Crippen LogP contribution in [0.4, 0.5) is 0 Å². The minimum atomic E-state index is -0.322. The van der Waals surface area contributed by atoms with Gasteiger partial charge in [-0.3, -0.25) is 9.69 Å². The molecule has 1 saturated heterocycles. The van der Waals surface area contributed by atoms with E-state index in [1.807, 2.05) is 11.8 Å². The predicted octanol–water partition coefficient (Wildman–Crippen LogP) is -0.329. The van der Waals surface area contributed by atoms with Crippen LogP contribution in [-0.4, -0.2) is 46.6 Å². The minimum absolute atomic E-state index is 0.237. The number of carbonyl (C=O) groups excluding carboxylic acids is 1. The van der Waals surface area contributed by atoms with E-state index in [-0.39, 0.29) is 12.5 Å². The Morgan fingerprint density at radius 3 is 2.84 bits per heavy atom. The van der Waals surface area contributed by atoms with Crippen LogP contribution in [0.3, 0.4) is 0 Å². The molecule has 1 fully saturated rings. The monoisotopic (exact) mass is 267 g/mol.